The van der Waals surface area contributed by atoms with E-state index >= 15 is 0 Å². The van der Waals surface area contributed by atoms with Gasteiger partial charge >= 0.3 is 0 Å². The Morgan fingerprint density at radius 3 is 2.73 bits per heavy atom. The van der Waals surface area contributed by atoms with Crippen LogP contribution in [-0.4, -0.2) is 14.5 Å². The number of benzene rings is 1. The zero-order valence-electron chi connectivity index (χ0n) is 8.07. The van der Waals surface area contributed by atoms with Crippen molar-refractivity contribution in [2.24, 2.45) is 0 Å². The van der Waals surface area contributed by atoms with E-state index in [4.69, 9.17) is 18.0 Å². The lowest BCUT2D eigenvalue weighted by atomic mass is 10.4. The second kappa shape index (κ2) is 4.67. The van der Waals surface area contributed by atoms with E-state index in [2.05, 4.69) is 10.6 Å². The molecule has 0 bridgehead atoms. The smallest absolute Gasteiger partial charge is 0.207 e. The molecule has 0 aliphatic heterocycles. The summed E-state index contributed by atoms with van der Waals surface area (Å²) in [7, 11) is -3.57. The van der Waals surface area contributed by atoms with Gasteiger partial charge < -0.3 is 0 Å². The maximum atomic E-state index is 11.7. The lowest BCUT2D eigenvalue weighted by Gasteiger charge is -2.08. The summed E-state index contributed by atoms with van der Waals surface area (Å²) in [6.45, 7) is 1.59. The summed E-state index contributed by atoms with van der Waals surface area (Å²) in [5, 5.41) is 0.367. The van der Waals surface area contributed by atoms with Gasteiger partial charge in [-0.2, -0.15) is 4.72 Å². The number of halogens is 1. The van der Waals surface area contributed by atoms with E-state index in [1.165, 1.54) is 12.1 Å². The average molecular weight is 244 g/mol. The van der Waals surface area contributed by atoms with Gasteiger partial charge in [-0.15, -0.1) is 6.42 Å². The fourth-order valence-electron chi connectivity index (χ4n) is 0.969. The highest BCUT2D eigenvalue weighted by Gasteiger charge is 2.15. The Labute approximate surface area is 94.5 Å². The van der Waals surface area contributed by atoms with Crippen LogP contribution in [0.3, 0.4) is 0 Å². The second-order valence-electron chi connectivity index (χ2n) is 2.97. The first-order chi connectivity index (χ1) is 6.95. The number of sulfonamides is 1. The van der Waals surface area contributed by atoms with Crippen LogP contribution < -0.4 is 4.72 Å². The van der Waals surface area contributed by atoms with E-state index in [9.17, 15) is 8.42 Å². The third-order valence-corrected chi connectivity index (χ3v) is 3.46. The average Bonchev–Trinajstić information content (AvgIpc) is 2.17. The van der Waals surface area contributed by atoms with Gasteiger partial charge in [-0.1, -0.05) is 23.6 Å². The predicted octanol–water partition coefficient (Wildman–Crippen LogP) is 1.64. The van der Waals surface area contributed by atoms with Gasteiger partial charge in [-0.25, -0.2) is 8.42 Å². The van der Waals surface area contributed by atoms with Crippen LogP contribution in [0, 0.1) is 12.3 Å². The molecule has 15 heavy (non-hydrogen) atoms. The Morgan fingerprint density at radius 1 is 1.53 bits per heavy atom. The normalized spacial score (nSPS) is 13.1. The summed E-state index contributed by atoms with van der Waals surface area (Å²) in [6.07, 6.45) is 5.08. The lowest BCUT2D eigenvalue weighted by Crippen LogP contribution is -2.31. The molecule has 0 saturated heterocycles. The summed E-state index contributed by atoms with van der Waals surface area (Å²) >= 11 is 5.69. The van der Waals surface area contributed by atoms with Crippen LogP contribution >= 0.6 is 11.6 Å². The van der Waals surface area contributed by atoms with Crippen molar-refractivity contribution in [3.05, 3.63) is 29.3 Å². The molecule has 1 N–H and O–H groups in total. The standard InChI is InChI=1S/C10H10ClNO2S/c1-3-8(2)12-15(13,14)10-6-4-5-9(11)7-10/h1,4-8,12H,2H3. The summed E-state index contributed by atoms with van der Waals surface area (Å²) < 4.78 is 25.7. The van der Waals surface area contributed by atoms with E-state index in [0.717, 1.165) is 0 Å². The van der Waals surface area contributed by atoms with Crippen molar-refractivity contribution in [1.82, 2.24) is 4.72 Å². The maximum absolute atomic E-state index is 11.7. The van der Waals surface area contributed by atoms with E-state index in [-0.39, 0.29) is 4.90 Å². The molecule has 5 heteroatoms. The van der Waals surface area contributed by atoms with Crippen molar-refractivity contribution < 1.29 is 8.42 Å². The van der Waals surface area contributed by atoms with Crippen LogP contribution in [0.5, 0.6) is 0 Å². The number of terminal acetylenes is 1. The quantitative estimate of drug-likeness (QED) is 0.821. The molecule has 0 heterocycles. The summed E-state index contributed by atoms with van der Waals surface area (Å²) in [4.78, 5) is 0.108. The minimum absolute atomic E-state index is 0.108. The van der Waals surface area contributed by atoms with Crippen LogP contribution in [-0.2, 0) is 10.0 Å². The van der Waals surface area contributed by atoms with Crippen molar-refractivity contribution >= 4 is 21.6 Å². The van der Waals surface area contributed by atoms with Crippen LogP contribution in [0.15, 0.2) is 29.2 Å². The van der Waals surface area contributed by atoms with Gasteiger partial charge in [0.2, 0.25) is 10.0 Å². The van der Waals surface area contributed by atoms with Crippen LogP contribution in [0.25, 0.3) is 0 Å². The third-order valence-electron chi connectivity index (χ3n) is 1.69. The first-order valence-electron chi connectivity index (χ1n) is 4.20. The minimum atomic E-state index is -3.57. The van der Waals surface area contributed by atoms with Crippen molar-refractivity contribution in [3.63, 3.8) is 0 Å². The molecule has 1 aromatic rings. The van der Waals surface area contributed by atoms with Crippen LogP contribution in [0.1, 0.15) is 6.92 Å². The number of hydrogen-bond acceptors (Lipinski definition) is 2. The molecule has 1 atom stereocenters. The fraction of sp³-hybridized carbons (Fsp3) is 0.200. The van der Waals surface area contributed by atoms with Crippen molar-refractivity contribution in [2.45, 2.75) is 17.9 Å². The molecule has 1 rings (SSSR count). The van der Waals surface area contributed by atoms with Crippen molar-refractivity contribution in [3.8, 4) is 12.3 Å². The van der Waals surface area contributed by atoms with Gasteiger partial charge in [-0.3, -0.25) is 0 Å². The van der Waals surface area contributed by atoms with Crippen LogP contribution in [0.2, 0.25) is 5.02 Å². The van der Waals surface area contributed by atoms with Gasteiger partial charge in [0.15, 0.2) is 0 Å². The number of nitrogens with one attached hydrogen (secondary N) is 1. The molecular weight excluding hydrogens is 234 g/mol. The molecule has 3 nitrogen and oxygen atoms in total. The molecule has 1 unspecified atom stereocenters. The first kappa shape index (κ1) is 12.1. The van der Waals surface area contributed by atoms with Crippen molar-refractivity contribution in [1.29, 1.82) is 0 Å². The van der Waals surface area contributed by atoms with Gasteiger partial charge in [-0.05, 0) is 25.1 Å². The third kappa shape index (κ3) is 3.24. The molecule has 0 amide bonds. The summed E-state index contributed by atoms with van der Waals surface area (Å²) in [6, 6.07) is 5.45. The van der Waals surface area contributed by atoms with Crippen LogP contribution in [0.4, 0.5) is 0 Å². The molecule has 1 aromatic carbocycles. The molecule has 80 valence electrons. The Hall–Kier alpha value is -1.02. The Bertz CT molecular complexity index is 490. The highest BCUT2D eigenvalue weighted by Crippen LogP contribution is 2.15. The van der Waals surface area contributed by atoms with Gasteiger partial charge in [0, 0.05) is 5.02 Å². The molecule has 0 fully saturated rings. The largest absolute Gasteiger partial charge is 0.241 e. The highest BCUT2D eigenvalue weighted by molar-refractivity contribution is 7.89. The van der Waals surface area contributed by atoms with Crippen molar-refractivity contribution in [2.75, 3.05) is 0 Å². The van der Waals surface area contributed by atoms with E-state index in [0.29, 0.717) is 5.02 Å². The molecule has 0 aliphatic rings. The predicted molar refractivity (Wildman–Crippen MR) is 60.1 cm³/mol. The van der Waals surface area contributed by atoms with E-state index in [1.807, 2.05) is 0 Å². The molecular formula is C10H10ClNO2S. The summed E-state index contributed by atoms with van der Waals surface area (Å²) in [5.74, 6) is 2.28. The van der Waals surface area contributed by atoms with Gasteiger partial charge in [0.05, 0.1) is 10.9 Å². The summed E-state index contributed by atoms with van der Waals surface area (Å²) in [5.41, 5.74) is 0. The minimum Gasteiger partial charge on any atom is -0.207 e. The Balaban J connectivity index is 3.03. The first-order valence-corrected chi connectivity index (χ1v) is 6.06. The molecule has 0 saturated carbocycles. The fourth-order valence-corrected chi connectivity index (χ4v) is 2.43. The zero-order valence-corrected chi connectivity index (χ0v) is 9.64. The van der Waals surface area contributed by atoms with E-state index < -0.39 is 16.1 Å². The number of hydrogen-bond donors (Lipinski definition) is 1. The van der Waals surface area contributed by atoms with E-state index in [1.54, 1.807) is 19.1 Å². The second-order valence-corrected chi connectivity index (χ2v) is 5.12. The topological polar surface area (TPSA) is 46.2 Å². The highest BCUT2D eigenvalue weighted by atomic mass is 35.5. The molecule has 0 spiro atoms. The Morgan fingerprint density at radius 2 is 2.20 bits per heavy atom. The number of rotatable bonds is 3. The monoisotopic (exact) mass is 243 g/mol. The zero-order chi connectivity index (χ0) is 11.5. The SMILES string of the molecule is C#CC(C)NS(=O)(=O)c1cccc(Cl)c1. The molecule has 0 aliphatic carbocycles. The Kier molecular flexibility index (Phi) is 3.75. The van der Waals surface area contributed by atoms with Gasteiger partial charge in [0.25, 0.3) is 0 Å². The maximum Gasteiger partial charge on any atom is 0.241 e. The van der Waals surface area contributed by atoms with Gasteiger partial charge in [0.1, 0.15) is 0 Å². The molecule has 0 aromatic heterocycles. The lowest BCUT2D eigenvalue weighted by molar-refractivity contribution is 0.577. The molecule has 0 radical (unpaired) electrons.